The number of amides is 1. The number of benzene rings is 1. The number of para-hydroxylation sites is 1. The van der Waals surface area contributed by atoms with Crippen molar-refractivity contribution in [1.29, 1.82) is 0 Å². The molecule has 6 nitrogen and oxygen atoms in total. The molecule has 1 fully saturated rings. The number of aromatic nitrogens is 1. The van der Waals surface area contributed by atoms with Crippen molar-refractivity contribution in [2.24, 2.45) is 5.92 Å². The Labute approximate surface area is 177 Å². The van der Waals surface area contributed by atoms with Crippen LogP contribution in [0.25, 0.3) is 0 Å². The van der Waals surface area contributed by atoms with Crippen molar-refractivity contribution in [3.05, 3.63) is 45.9 Å². The Bertz CT molecular complexity index is 787. The highest BCUT2D eigenvalue weighted by Crippen LogP contribution is 2.20. The van der Waals surface area contributed by atoms with Gasteiger partial charge in [-0.2, -0.15) is 0 Å². The predicted octanol–water partition coefficient (Wildman–Crippen LogP) is 3.35. The predicted molar refractivity (Wildman–Crippen MR) is 115 cm³/mol. The molecule has 1 aliphatic rings. The summed E-state index contributed by atoms with van der Waals surface area (Å²) in [6.07, 6.45) is 0. The van der Waals surface area contributed by atoms with Crippen molar-refractivity contribution < 1.29 is 14.3 Å². The number of aryl methyl sites for hydroxylation is 1. The maximum absolute atomic E-state index is 12.7. The minimum Gasteiger partial charge on any atom is -0.486 e. The molecule has 0 radical (unpaired) electrons. The van der Waals surface area contributed by atoms with Crippen LogP contribution in [0.5, 0.6) is 5.75 Å². The van der Waals surface area contributed by atoms with Gasteiger partial charge in [-0.25, -0.2) is 4.98 Å². The number of hydrogen-bond acceptors (Lipinski definition) is 6. The maximum Gasteiger partial charge on any atom is 0.225 e. The second kappa shape index (κ2) is 10.7. The average molecular weight is 418 g/mol. The number of thiazole rings is 1. The van der Waals surface area contributed by atoms with Gasteiger partial charge >= 0.3 is 0 Å². The van der Waals surface area contributed by atoms with E-state index in [1.807, 2.05) is 55.3 Å². The van der Waals surface area contributed by atoms with E-state index in [1.54, 1.807) is 11.3 Å². The van der Waals surface area contributed by atoms with E-state index in [9.17, 15) is 4.79 Å². The van der Waals surface area contributed by atoms with E-state index >= 15 is 0 Å². The second-order valence-electron chi connectivity index (χ2n) is 7.66. The molecule has 1 aromatic heterocycles. The normalized spacial score (nSPS) is 14.9. The fourth-order valence-electron chi connectivity index (χ4n) is 3.26. The Hall–Kier alpha value is -1.96. The van der Waals surface area contributed by atoms with Crippen LogP contribution < -0.4 is 4.74 Å². The van der Waals surface area contributed by atoms with Crippen molar-refractivity contribution in [2.75, 3.05) is 39.4 Å². The number of nitrogens with zero attached hydrogens (tertiary/aromatic N) is 3. The summed E-state index contributed by atoms with van der Waals surface area (Å²) in [6.45, 7) is 11.9. The van der Waals surface area contributed by atoms with Gasteiger partial charge < -0.3 is 14.4 Å². The van der Waals surface area contributed by atoms with Gasteiger partial charge in [-0.15, -0.1) is 11.3 Å². The summed E-state index contributed by atoms with van der Waals surface area (Å²) in [4.78, 5) is 21.7. The molecule has 1 amide bonds. The number of ether oxygens (including phenoxy) is 2. The lowest BCUT2D eigenvalue weighted by molar-refractivity contribution is -0.135. The third-order valence-electron chi connectivity index (χ3n) is 4.99. The molecule has 0 atom stereocenters. The second-order valence-corrected chi connectivity index (χ2v) is 8.60. The van der Waals surface area contributed by atoms with Gasteiger partial charge in [0, 0.05) is 37.5 Å². The van der Waals surface area contributed by atoms with E-state index in [-0.39, 0.29) is 11.8 Å². The van der Waals surface area contributed by atoms with Gasteiger partial charge in [0.1, 0.15) is 17.4 Å². The van der Waals surface area contributed by atoms with Crippen LogP contribution in [0.2, 0.25) is 0 Å². The fraction of sp³-hybridized carbons (Fsp3) is 0.545. The lowest BCUT2D eigenvalue weighted by Crippen LogP contribution is -2.43. The fourth-order valence-corrected chi connectivity index (χ4v) is 3.96. The molecule has 29 heavy (non-hydrogen) atoms. The highest BCUT2D eigenvalue weighted by atomic mass is 32.1. The topological polar surface area (TPSA) is 54.9 Å². The molecule has 1 aliphatic heterocycles. The number of rotatable bonds is 9. The van der Waals surface area contributed by atoms with E-state index in [4.69, 9.17) is 14.5 Å². The lowest BCUT2D eigenvalue weighted by atomic mass is 10.2. The molecular weight excluding hydrogens is 386 g/mol. The minimum atomic E-state index is -0.0258. The average Bonchev–Trinajstić information content (AvgIpc) is 3.18. The third-order valence-corrected chi connectivity index (χ3v) is 5.86. The summed E-state index contributed by atoms with van der Waals surface area (Å²) in [5, 5.41) is 2.96. The molecule has 1 aromatic carbocycles. The highest BCUT2D eigenvalue weighted by molar-refractivity contribution is 7.09. The van der Waals surface area contributed by atoms with E-state index in [1.165, 1.54) is 0 Å². The molecule has 0 aliphatic carbocycles. The van der Waals surface area contributed by atoms with Crippen LogP contribution in [-0.4, -0.2) is 60.1 Å². The van der Waals surface area contributed by atoms with Gasteiger partial charge in [-0.3, -0.25) is 9.69 Å². The third kappa shape index (κ3) is 6.52. The first kappa shape index (κ1) is 21.7. The molecular formula is C22H31N3O3S. The van der Waals surface area contributed by atoms with Crippen molar-refractivity contribution in [3.8, 4) is 5.75 Å². The summed E-state index contributed by atoms with van der Waals surface area (Å²) < 4.78 is 11.3. The van der Waals surface area contributed by atoms with Crippen LogP contribution in [-0.2, 0) is 22.7 Å². The first-order valence-electron chi connectivity index (χ1n) is 10.2. The Kier molecular flexibility index (Phi) is 8.03. The zero-order valence-corrected chi connectivity index (χ0v) is 18.4. The van der Waals surface area contributed by atoms with Gasteiger partial charge in [-0.05, 0) is 18.6 Å². The molecule has 0 unspecified atom stereocenters. The van der Waals surface area contributed by atoms with E-state index < -0.39 is 0 Å². The standard InChI is InChI=1S/C22H31N3O3S/c1-17(2)22(26)25(9-8-24-10-12-27-13-11-24)14-19-16-29-21(23-19)15-28-20-7-5-4-6-18(20)3/h4-7,16-17H,8-15H2,1-3H3. The summed E-state index contributed by atoms with van der Waals surface area (Å²) in [6, 6.07) is 7.98. The molecule has 0 bridgehead atoms. The van der Waals surface area contributed by atoms with E-state index in [0.717, 1.165) is 54.9 Å². The van der Waals surface area contributed by atoms with Crippen molar-refractivity contribution >= 4 is 17.2 Å². The number of carbonyl (C=O) groups is 1. The van der Waals surface area contributed by atoms with Crippen LogP contribution >= 0.6 is 11.3 Å². The summed E-state index contributed by atoms with van der Waals surface area (Å²) >= 11 is 1.58. The molecule has 1 saturated heterocycles. The van der Waals surface area contributed by atoms with Crippen LogP contribution in [0.1, 0.15) is 30.1 Å². The molecule has 7 heteroatoms. The Morgan fingerprint density at radius 3 is 2.79 bits per heavy atom. The van der Waals surface area contributed by atoms with Gasteiger partial charge in [0.2, 0.25) is 5.91 Å². The quantitative estimate of drug-likeness (QED) is 0.626. The Morgan fingerprint density at radius 1 is 1.31 bits per heavy atom. The van der Waals surface area contributed by atoms with Gasteiger partial charge in [0.15, 0.2) is 0 Å². The number of morpholine rings is 1. The molecule has 2 heterocycles. The first-order chi connectivity index (χ1) is 14.0. The van der Waals surface area contributed by atoms with Crippen LogP contribution in [0.4, 0.5) is 0 Å². The highest BCUT2D eigenvalue weighted by Gasteiger charge is 2.20. The monoisotopic (exact) mass is 417 g/mol. The van der Waals surface area contributed by atoms with Crippen molar-refractivity contribution in [1.82, 2.24) is 14.8 Å². The summed E-state index contributed by atoms with van der Waals surface area (Å²) in [5.41, 5.74) is 2.04. The van der Waals surface area contributed by atoms with Crippen LogP contribution in [0, 0.1) is 12.8 Å². The van der Waals surface area contributed by atoms with Crippen molar-refractivity contribution in [2.45, 2.75) is 33.9 Å². The zero-order chi connectivity index (χ0) is 20.6. The minimum absolute atomic E-state index is 0.0258. The molecule has 3 rings (SSSR count). The van der Waals surface area contributed by atoms with Crippen LogP contribution in [0.3, 0.4) is 0 Å². The molecule has 0 spiro atoms. The zero-order valence-electron chi connectivity index (χ0n) is 17.6. The van der Waals surface area contributed by atoms with E-state index in [2.05, 4.69) is 4.90 Å². The van der Waals surface area contributed by atoms with Gasteiger partial charge in [-0.1, -0.05) is 32.0 Å². The molecule has 0 saturated carbocycles. The Balaban J connectivity index is 1.57. The van der Waals surface area contributed by atoms with Crippen molar-refractivity contribution in [3.63, 3.8) is 0 Å². The number of hydrogen-bond donors (Lipinski definition) is 0. The SMILES string of the molecule is Cc1ccccc1OCc1nc(CN(CCN2CCOCC2)C(=O)C(C)C)cs1. The summed E-state index contributed by atoms with van der Waals surface area (Å²) in [5.74, 6) is 1.03. The Morgan fingerprint density at radius 2 is 2.07 bits per heavy atom. The maximum atomic E-state index is 12.7. The summed E-state index contributed by atoms with van der Waals surface area (Å²) in [7, 11) is 0. The molecule has 0 N–H and O–H groups in total. The first-order valence-corrected chi connectivity index (χ1v) is 11.1. The van der Waals surface area contributed by atoms with Crippen LogP contribution in [0.15, 0.2) is 29.6 Å². The smallest absolute Gasteiger partial charge is 0.225 e. The lowest BCUT2D eigenvalue weighted by Gasteiger charge is -2.30. The molecule has 2 aromatic rings. The number of carbonyl (C=O) groups excluding carboxylic acids is 1. The van der Waals surface area contributed by atoms with Gasteiger partial charge in [0.05, 0.1) is 25.5 Å². The van der Waals surface area contributed by atoms with Gasteiger partial charge in [0.25, 0.3) is 0 Å². The molecule has 158 valence electrons. The van der Waals surface area contributed by atoms with E-state index in [0.29, 0.717) is 19.7 Å². The largest absolute Gasteiger partial charge is 0.486 e.